The van der Waals surface area contributed by atoms with Gasteiger partial charge in [0.1, 0.15) is 12.4 Å². The van der Waals surface area contributed by atoms with Crippen LogP contribution in [-0.2, 0) is 16.0 Å². The largest absolute Gasteiger partial charge is 0.467 e. The minimum atomic E-state index is -0.923. The van der Waals surface area contributed by atoms with Crippen LogP contribution < -0.4 is 5.32 Å². The van der Waals surface area contributed by atoms with Crippen molar-refractivity contribution in [2.45, 2.75) is 12.5 Å². The number of methoxy groups -OCH3 is 1. The number of carbonyl (C=O) groups is 3. The van der Waals surface area contributed by atoms with Gasteiger partial charge in [0.2, 0.25) is 0 Å². The topological polar surface area (TPSA) is 90.3 Å². The number of hydrogen-bond donors (Lipinski definition) is 1. The van der Waals surface area contributed by atoms with E-state index in [1.54, 1.807) is 60.8 Å². The lowest BCUT2D eigenvalue weighted by Gasteiger charge is -2.15. The van der Waals surface area contributed by atoms with Gasteiger partial charge in [0.05, 0.1) is 12.8 Å². The Labute approximate surface area is 162 Å². The van der Waals surface area contributed by atoms with Crippen LogP contribution in [0.2, 0.25) is 0 Å². The number of esters is 1. The highest BCUT2D eigenvalue weighted by molar-refractivity contribution is 5.97. The van der Waals surface area contributed by atoms with Crippen LogP contribution in [0.25, 0.3) is 0 Å². The van der Waals surface area contributed by atoms with Crippen LogP contribution in [0.5, 0.6) is 0 Å². The van der Waals surface area contributed by atoms with Crippen LogP contribution >= 0.6 is 0 Å². The van der Waals surface area contributed by atoms with E-state index in [2.05, 4.69) is 10.3 Å². The Kier molecular flexibility index (Phi) is 5.96. The first-order chi connectivity index (χ1) is 13.6. The molecular formula is C21H19N3O4. The second-order valence-corrected chi connectivity index (χ2v) is 6.06. The Morgan fingerprint density at radius 2 is 1.61 bits per heavy atom. The molecule has 7 nitrogen and oxygen atoms in total. The molecule has 0 bridgehead atoms. The zero-order chi connectivity index (χ0) is 19.9. The van der Waals surface area contributed by atoms with Crippen molar-refractivity contribution in [3.63, 3.8) is 0 Å². The van der Waals surface area contributed by atoms with Crippen molar-refractivity contribution in [1.29, 1.82) is 0 Å². The lowest BCUT2D eigenvalue weighted by Crippen LogP contribution is -2.43. The maximum atomic E-state index is 12.5. The summed E-state index contributed by atoms with van der Waals surface area (Å²) in [5.41, 5.74) is 1.43. The summed E-state index contributed by atoms with van der Waals surface area (Å²) in [5.74, 6) is -1.22. The van der Waals surface area contributed by atoms with Gasteiger partial charge in [-0.1, -0.05) is 36.4 Å². The van der Waals surface area contributed by atoms with Crippen LogP contribution in [-0.4, -0.2) is 40.5 Å². The molecule has 0 spiro atoms. The summed E-state index contributed by atoms with van der Waals surface area (Å²) in [6.45, 7) is 0. The molecule has 3 aromatic rings. The minimum Gasteiger partial charge on any atom is -0.467 e. The average Bonchev–Trinajstić information content (AvgIpc) is 3.22. The molecule has 0 aliphatic heterocycles. The van der Waals surface area contributed by atoms with Crippen LogP contribution in [0.1, 0.15) is 26.4 Å². The number of carbonyl (C=O) groups excluding carboxylic acids is 3. The number of rotatable bonds is 6. The van der Waals surface area contributed by atoms with Gasteiger partial charge in [0.15, 0.2) is 0 Å². The third kappa shape index (κ3) is 4.50. The summed E-state index contributed by atoms with van der Waals surface area (Å²) >= 11 is 0. The Bertz CT molecular complexity index is 968. The molecule has 1 atom stereocenters. The summed E-state index contributed by atoms with van der Waals surface area (Å²) in [4.78, 5) is 41.1. The fraction of sp³-hybridized carbons (Fsp3) is 0.143. The lowest BCUT2D eigenvalue weighted by atomic mass is 10.1. The third-order valence-electron chi connectivity index (χ3n) is 4.13. The van der Waals surface area contributed by atoms with E-state index in [1.807, 2.05) is 6.07 Å². The predicted molar refractivity (Wildman–Crippen MR) is 102 cm³/mol. The van der Waals surface area contributed by atoms with Gasteiger partial charge in [-0.2, -0.15) is 0 Å². The van der Waals surface area contributed by atoms with Crippen molar-refractivity contribution >= 4 is 17.8 Å². The van der Waals surface area contributed by atoms with Crippen molar-refractivity contribution in [3.05, 3.63) is 90.0 Å². The molecule has 0 aliphatic carbocycles. The quantitative estimate of drug-likeness (QED) is 0.665. The van der Waals surface area contributed by atoms with Gasteiger partial charge >= 0.3 is 5.97 Å². The van der Waals surface area contributed by atoms with Gasteiger partial charge in [-0.15, -0.1) is 0 Å². The average molecular weight is 377 g/mol. The van der Waals surface area contributed by atoms with Gasteiger partial charge in [-0.3, -0.25) is 14.2 Å². The standard InChI is InChI=1S/C21H19N3O4/c1-28-21(27)18(23-19(25)15-8-4-2-5-9-15)12-17-13-24(14-22-17)20(26)16-10-6-3-7-11-16/h2-11,13-14,18H,12H2,1H3,(H,23,25)/t18-/m0/s1. The molecule has 1 amide bonds. The van der Waals surface area contributed by atoms with E-state index in [0.717, 1.165) is 0 Å². The summed E-state index contributed by atoms with van der Waals surface area (Å²) in [5, 5.41) is 2.65. The second-order valence-electron chi connectivity index (χ2n) is 6.06. The molecule has 0 saturated carbocycles. The third-order valence-corrected chi connectivity index (χ3v) is 4.13. The highest BCUT2D eigenvalue weighted by Gasteiger charge is 2.24. The van der Waals surface area contributed by atoms with Gasteiger partial charge < -0.3 is 10.1 Å². The Morgan fingerprint density at radius 1 is 1.00 bits per heavy atom. The number of benzene rings is 2. The first kappa shape index (κ1) is 19.0. The highest BCUT2D eigenvalue weighted by Crippen LogP contribution is 2.08. The van der Waals surface area contributed by atoms with Crippen LogP contribution in [0.4, 0.5) is 0 Å². The number of ether oxygens (including phenoxy) is 1. The second kappa shape index (κ2) is 8.77. The van der Waals surface area contributed by atoms with Crippen LogP contribution in [0, 0.1) is 0 Å². The van der Waals surface area contributed by atoms with Crippen molar-refractivity contribution in [3.8, 4) is 0 Å². The van der Waals surface area contributed by atoms with Gasteiger partial charge in [0, 0.05) is 23.7 Å². The first-order valence-corrected chi connectivity index (χ1v) is 8.65. The molecule has 0 aliphatic rings. The fourth-order valence-corrected chi connectivity index (χ4v) is 2.69. The Balaban J connectivity index is 1.73. The SMILES string of the molecule is COC(=O)[C@H](Cc1cn(C(=O)c2ccccc2)cn1)NC(=O)c1ccccc1. The fourth-order valence-electron chi connectivity index (χ4n) is 2.69. The van der Waals surface area contributed by atoms with E-state index in [4.69, 9.17) is 4.74 Å². The molecular weight excluding hydrogens is 358 g/mol. The molecule has 28 heavy (non-hydrogen) atoms. The predicted octanol–water partition coefficient (Wildman–Crippen LogP) is 2.09. The van der Waals surface area contributed by atoms with Crippen molar-refractivity contribution in [2.75, 3.05) is 7.11 Å². The van der Waals surface area contributed by atoms with Crippen LogP contribution in [0.3, 0.4) is 0 Å². The molecule has 0 radical (unpaired) electrons. The number of hydrogen-bond acceptors (Lipinski definition) is 5. The van der Waals surface area contributed by atoms with Gasteiger partial charge in [-0.25, -0.2) is 9.78 Å². The smallest absolute Gasteiger partial charge is 0.328 e. The van der Waals surface area contributed by atoms with E-state index in [1.165, 1.54) is 18.0 Å². The molecule has 142 valence electrons. The normalized spacial score (nSPS) is 11.5. The monoisotopic (exact) mass is 377 g/mol. The molecule has 2 aromatic carbocycles. The number of nitrogens with one attached hydrogen (secondary N) is 1. The molecule has 0 fully saturated rings. The minimum absolute atomic E-state index is 0.0975. The molecule has 1 heterocycles. The van der Waals surface area contributed by atoms with E-state index in [-0.39, 0.29) is 12.3 Å². The van der Waals surface area contributed by atoms with E-state index in [9.17, 15) is 14.4 Å². The number of nitrogens with zero attached hydrogens (tertiary/aromatic N) is 2. The highest BCUT2D eigenvalue weighted by atomic mass is 16.5. The molecule has 1 N–H and O–H groups in total. The summed E-state index contributed by atoms with van der Waals surface area (Å²) in [6.07, 6.45) is 3.03. The van der Waals surface area contributed by atoms with Crippen molar-refractivity contribution < 1.29 is 19.1 Å². The van der Waals surface area contributed by atoms with Gasteiger partial charge in [-0.05, 0) is 24.3 Å². The maximum absolute atomic E-state index is 12.5. The zero-order valence-corrected chi connectivity index (χ0v) is 15.2. The van der Waals surface area contributed by atoms with E-state index in [0.29, 0.717) is 16.8 Å². The molecule has 0 saturated heterocycles. The number of amides is 1. The maximum Gasteiger partial charge on any atom is 0.328 e. The zero-order valence-electron chi connectivity index (χ0n) is 15.2. The van der Waals surface area contributed by atoms with E-state index >= 15 is 0 Å². The molecule has 0 unspecified atom stereocenters. The van der Waals surface area contributed by atoms with Crippen molar-refractivity contribution in [1.82, 2.24) is 14.9 Å². The lowest BCUT2D eigenvalue weighted by molar-refractivity contribution is -0.142. The molecule has 7 heteroatoms. The Hall–Kier alpha value is -3.74. The molecule has 1 aromatic heterocycles. The van der Waals surface area contributed by atoms with Gasteiger partial charge in [0.25, 0.3) is 11.8 Å². The summed E-state index contributed by atoms with van der Waals surface area (Å²) < 4.78 is 6.13. The number of imidazole rings is 1. The molecule has 3 rings (SSSR count). The first-order valence-electron chi connectivity index (χ1n) is 8.65. The van der Waals surface area contributed by atoms with E-state index < -0.39 is 17.9 Å². The van der Waals surface area contributed by atoms with Crippen LogP contribution in [0.15, 0.2) is 73.2 Å². The summed E-state index contributed by atoms with van der Waals surface area (Å²) in [6, 6.07) is 16.4. The summed E-state index contributed by atoms with van der Waals surface area (Å²) in [7, 11) is 1.25. The number of aromatic nitrogens is 2. The van der Waals surface area contributed by atoms with Crippen molar-refractivity contribution in [2.24, 2.45) is 0 Å². The Morgan fingerprint density at radius 3 is 2.21 bits per heavy atom.